The second-order valence-electron chi connectivity index (χ2n) is 20.9. The van der Waals surface area contributed by atoms with Crippen LogP contribution in [0.15, 0.2) is 205 Å². The topological polar surface area (TPSA) is 19.6 Å². The van der Waals surface area contributed by atoms with Crippen LogP contribution in [-0.2, 0) is 16.2 Å². The molecule has 4 heteroatoms. The van der Waals surface area contributed by atoms with E-state index in [0.29, 0.717) is 0 Å². The molecule has 3 nitrogen and oxygen atoms in total. The van der Waals surface area contributed by atoms with E-state index < -0.39 is 5.41 Å². The molecule has 0 saturated heterocycles. The minimum absolute atomic E-state index is 0.000359. The molecule has 2 aliphatic heterocycles. The molecule has 67 heavy (non-hydrogen) atoms. The molecule has 1 aromatic heterocycles. The monoisotopic (exact) mass is 862 g/mol. The van der Waals surface area contributed by atoms with Gasteiger partial charge in [-0.05, 0) is 133 Å². The largest absolute Gasteiger partial charge is 0.456 e. The third-order valence-corrected chi connectivity index (χ3v) is 15.0. The minimum atomic E-state index is -0.628. The van der Waals surface area contributed by atoms with Gasteiger partial charge in [0.2, 0.25) is 6.71 Å². The average molecular weight is 863 g/mol. The Kier molecular flexibility index (Phi) is 8.45. The number of anilines is 6. The summed E-state index contributed by atoms with van der Waals surface area (Å²) in [6.07, 6.45) is 0. The van der Waals surface area contributed by atoms with E-state index in [2.05, 4.69) is 252 Å². The Labute approximate surface area is 394 Å². The highest BCUT2D eigenvalue weighted by Gasteiger charge is 2.55. The summed E-state index contributed by atoms with van der Waals surface area (Å²) in [5.74, 6) is 0. The van der Waals surface area contributed by atoms with Crippen molar-refractivity contribution in [2.24, 2.45) is 0 Å². The van der Waals surface area contributed by atoms with Crippen LogP contribution in [0.3, 0.4) is 0 Å². The average Bonchev–Trinajstić information content (AvgIpc) is 3.85. The molecule has 0 radical (unpaired) electrons. The van der Waals surface area contributed by atoms with Crippen molar-refractivity contribution in [3.8, 4) is 11.1 Å². The van der Waals surface area contributed by atoms with Crippen molar-refractivity contribution >= 4 is 79.2 Å². The van der Waals surface area contributed by atoms with Gasteiger partial charge in [0.05, 0.1) is 5.41 Å². The van der Waals surface area contributed by atoms with Crippen LogP contribution in [0.25, 0.3) is 33.1 Å². The zero-order valence-corrected chi connectivity index (χ0v) is 38.9. The van der Waals surface area contributed by atoms with Gasteiger partial charge in [0.25, 0.3) is 0 Å². The third-order valence-electron chi connectivity index (χ3n) is 15.0. The lowest BCUT2D eigenvalue weighted by Crippen LogP contribution is -2.65. The van der Waals surface area contributed by atoms with Crippen LogP contribution in [0, 0.1) is 0 Å². The van der Waals surface area contributed by atoms with Crippen LogP contribution in [0.4, 0.5) is 34.1 Å². The summed E-state index contributed by atoms with van der Waals surface area (Å²) in [6.45, 7) is 13.8. The first-order valence-corrected chi connectivity index (χ1v) is 23.8. The van der Waals surface area contributed by atoms with Gasteiger partial charge in [-0.1, -0.05) is 180 Å². The predicted octanol–water partition coefficient (Wildman–Crippen LogP) is 14.6. The Balaban J connectivity index is 1.24. The molecule has 322 valence electrons. The Hall–Kier alpha value is -7.56. The molecule has 1 aliphatic carbocycles. The van der Waals surface area contributed by atoms with E-state index >= 15 is 0 Å². The fraction of sp³-hybridized carbons (Fsp3) is 0.143. The Morgan fingerprint density at radius 3 is 1.66 bits per heavy atom. The minimum Gasteiger partial charge on any atom is -0.456 e. The van der Waals surface area contributed by atoms with E-state index in [4.69, 9.17) is 4.42 Å². The van der Waals surface area contributed by atoms with Crippen LogP contribution >= 0.6 is 0 Å². The second-order valence-corrected chi connectivity index (χ2v) is 20.9. The number of benzene rings is 9. The van der Waals surface area contributed by atoms with E-state index in [1.807, 2.05) is 0 Å². The first kappa shape index (κ1) is 39.8. The maximum atomic E-state index is 6.82. The standard InChI is InChI=1S/C63H51BN2O/c1-61(2,3)40-29-32-44(33-30-40)66-56-38-49-48-25-15-18-28-58(48)67-59(49)39-55(56)64-54-35-41(62(4,5)6)31-34-52(54)63(50-26-16-13-23-46(50)47-24-14-17-27-51(47)63)53-36-45(37-57(66)60(53)64)65(42-19-9-7-10-20-42)43-21-11-8-12-22-43/h7-39H,1-6H3. The van der Waals surface area contributed by atoms with Crippen molar-refractivity contribution in [3.63, 3.8) is 0 Å². The molecule has 0 N–H and O–H groups in total. The van der Waals surface area contributed by atoms with Gasteiger partial charge < -0.3 is 14.2 Å². The number of fused-ring (bicyclic) bond motifs is 14. The highest BCUT2D eigenvalue weighted by Crippen LogP contribution is 2.59. The van der Waals surface area contributed by atoms with E-state index in [-0.39, 0.29) is 17.5 Å². The Morgan fingerprint density at radius 2 is 1.01 bits per heavy atom. The Bertz CT molecular complexity index is 3530. The lowest BCUT2D eigenvalue weighted by Gasteiger charge is -2.48. The second kappa shape index (κ2) is 14.2. The fourth-order valence-electron chi connectivity index (χ4n) is 11.9. The van der Waals surface area contributed by atoms with Gasteiger partial charge in [0, 0.05) is 44.9 Å². The van der Waals surface area contributed by atoms with Crippen molar-refractivity contribution in [2.45, 2.75) is 57.8 Å². The SMILES string of the molecule is CC(C)(C)c1ccc(N2c3cc4c(cc3B3c5cc(C(C)(C)C)ccc5C5(c6ccccc6-c6ccccc65)c5cc(N(c6ccccc6)c6ccccc6)cc2c53)oc2ccccc24)cc1. The van der Waals surface area contributed by atoms with E-state index in [1.165, 1.54) is 72.3 Å². The quantitative estimate of drug-likeness (QED) is 0.164. The molecule has 13 rings (SSSR count). The van der Waals surface area contributed by atoms with Gasteiger partial charge in [0.15, 0.2) is 0 Å². The van der Waals surface area contributed by atoms with Gasteiger partial charge in [-0.3, -0.25) is 0 Å². The van der Waals surface area contributed by atoms with Gasteiger partial charge in [-0.15, -0.1) is 0 Å². The normalized spacial score (nSPS) is 14.2. The molecule has 1 spiro atoms. The summed E-state index contributed by atoms with van der Waals surface area (Å²) >= 11 is 0. The molecule has 0 amide bonds. The van der Waals surface area contributed by atoms with Gasteiger partial charge in [-0.2, -0.15) is 0 Å². The molecule has 3 aliphatic rings. The van der Waals surface area contributed by atoms with Crippen LogP contribution < -0.4 is 26.2 Å². The fourth-order valence-corrected chi connectivity index (χ4v) is 11.9. The molecule has 3 heterocycles. The Morgan fingerprint density at radius 1 is 0.433 bits per heavy atom. The number of furan rings is 1. The molecule has 9 aromatic carbocycles. The van der Waals surface area contributed by atoms with Gasteiger partial charge in [0.1, 0.15) is 11.2 Å². The van der Waals surface area contributed by atoms with E-state index in [1.54, 1.807) is 0 Å². The van der Waals surface area contributed by atoms with Crippen molar-refractivity contribution in [3.05, 3.63) is 234 Å². The number of nitrogens with zero attached hydrogens (tertiary/aromatic N) is 2. The first-order chi connectivity index (χ1) is 32.5. The molecular formula is C63H51BN2O. The van der Waals surface area contributed by atoms with E-state index in [0.717, 1.165) is 44.7 Å². The van der Waals surface area contributed by atoms with Crippen molar-refractivity contribution < 1.29 is 4.42 Å². The summed E-state index contributed by atoms with van der Waals surface area (Å²) < 4.78 is 6.82. The van der Waals surface area contributed by atoms with Gasteiger partial charge >= 0.3 is 0 Å². The number of hydrogen-bond acceptors (Lipinski definition) is 3. The molecule has 0 atom stereocenters. The van der Waals surface area contributed by atoms with E-state index in [9.17, 15) is 0 Å². The number of para-hydroxylation sites is 3. The maximum absolute atomic E-state index is 6.82. The van der Waals surface area contributed by atoms with Crippen molar-refractivity contribution in [1.29, 1.82) is 0 Å². The van der Waals surface area contributed by atoms with Crippen molar-refractivity contribution in [1.82, 2.24) is 0 Å². The zero-order valence-electron chi connectivity index (χ0n) is 38.9. The predicted molar refractivity (Wildman–Crippen MR) is 282 cm³/mol. The lowest BCUT2D eigenvalue weighted by atomic mass is 9.29. The molecule has 10 aromatic rings. The highest BCUT2D eigenvalue weighted by atomic mass is 16.3. The number of hydrogen-bond donors (Lipinski definition) is 0. The molecule has 0 fully saturated rings. The van der Waals surface area contributed by atoms with Crippen LogP contribution in [0.1, 0.15) is 74.9 Å². The molecular weight excluding hydrogens is 812 g/mol. The number of rotatable bonds is 4. The maximum Gasteiger partial charge on any atom is 0.247 e. The summed E-state index contributed by atoms with van der Waals surface area (Å²) in [4.78, 5) is 5.03. The highest BCUT2D eigenvalue weighted by molar-refractivity contribution is 6.99. The molecule has 0 unspecified atom stereocenters. The summed E-state index contributed by atoms with van der Waals surface area (Å²) in [5, 5.41) is 2.25. The summed E-state index contributed by atoms with van der Waals surface area (Å²) in [5.41, 5.74) is 22.3. The van der Waals surface area contributed by atoms with Crippen LogP contribution in [-0.4, -0.2) is 6.71 Å². The summed E-state index contributed by atoms with van der Waals surface area (Å²) in [7, 11) is 0. The molecule has 0 bridgehead atoms. The van der Waals surface area contributed by atoms with Crippen LogP contribution in [0.5, 0.6) is 0 Å². The zero-order chi connectivity index (χ0) is 45.4. The first-order valence-electron chi connectivity index (χ1n) is 23.8. The van der Waals surface area contributed by atoms with Gasteiger partial charge in [-0.25, -0.2) is 0 Å². The lowest BCUT2D eigenvalue weighted by molar-refractivity contribution is 0.590. The van der Waals surface area contributed by atoms with Crippen LogP contribution in [0.2, 0.25) is 0 Å². The third kappa shape index (κ3) is 5.72. The molecule has 0 saturated carbocycles. The smallest absolute Gasteiger partial charge is 0.247 e. The summed E-state index contributed by atoms with van der Waals surface area (Å²) in [6, 6.07) is 75.3. The van der Waals surface area contributed by atoms with Crippen molar-refractivity contribution in [2.75, 3.05) is 9.80 Å².